The van der Waals surface area contributed by atoms with E-state index in [2.05, 4.69) is 28.0 Å². The Kier molecular flexibility index (Phi) is 4.52. The molecule has 8 nitrogen and oxygen atoms in total. The molecule has 1 aliphatic heterocycles. The number of nitrogens with one attached hydrogen (secondary N) is 1. The Morgan fingerprint density at radius 1 is 1.29 bits per heavy atom. The van der Waals surface area contributed by atoms with Gasteiger partial charge in [0.05, 0.1) is 23.5 Å². The van der Waals surface area contributed by atoms with Gasteiger partial charge in [-0.2, -0.15) is 5.10 Å². The number of rotatable bonds is 3. The number of anilines is 3. The van der Waals surface area contributed by atoms with Gasteiger partial charge in [0.15, 0.2) is 5.69 Å². The third-order valence-corrected chi connectivity index (χ3v) is 4.90. The van der Waals surface area contributed by atoms with Gasteiger partial charge in [-0.15, -0.1) is 12.6 Å². The largest absolute Gasteiger partial charge is 0.383 e. The topological polar surface area (TPSA) is 106 Å². The maximum absolute atomic E-state index is 13.2. The van der Waals surface area contributed by atoms with Gasteiger partial charge in [-0.1, -0.05) is 0 Å². The Hall–Kier alpha value is -3.33. The van der Waals surface area contributed by atoms with Crippen LogP contribution in [0.4, 0.5) is 17.2 Å². The molecular formula is C19H18N6O2S. The van der Waals surface area contributed by atoms with Crippen LogP contribution in [0.25, 0.3) is 0 Å². The van der Waals surface area contributed by atoms with Crippen molar-refractivity contribution in [2.45, 2.75) is 17.9 Å². The second kappa shape index (κ2) is 7.01. The van der Waals surface area contributed by atoms with Crippen LogP contribution >= 0.6 is 12.6 Å². The van der Waals surface area contributed by atoms with Crippen LogP contribution < -0.4 is 16.0 Å². The van der Waals surface area contributed by atoms with Crippen LogP contribution in [0.3, 0.4) is 0 Å². The lowest BCUT2D eigenvalue weighted by Gasteiger charge is -2.32. The summed E-state index contributed by atoms with van der Waals surface area (Å²) in [5.74, 6) is -0.565. The number of aromatic nitrogens is 3. The minimum Gasteiger partial charge on any atom is -0.383 e. The molecule has 1 atom stereocenters. The van der Waals surface area contributed by atoms with Gasteiger partial charge in [0.2, 0.25) is 0 Å². The zero-order chi connectivity index (χ0) is 19.8. The zero-order valence-electron chi connectivity index (χ0n) is 15.0. The van der Waals surface area contributed by atoms with E-state index in [1.54, 1.807) is 21.7 Å². The van der Waals surface area contributed by atoms with Gasteiger partial charge in [-0.05, 0) is 43.3 Å². The summed E-state index contributed by atoms with van der Waals surface area (Å²) in [6, 6.07) is 10.5. The van der Waals surface area contributed by atoms with E-state index in [1.807, 2.05) is 31.2 Å². The van der Waals surface area contributed by atoms with Gasteiger partial charge < -0.3 is 16.0 Å². The molecule has 0 radical (unpaired) electrons. The predicted octanol–water partition coefficient (Wildman–Crippen LogP) is 2.62. The van der Waals surface area contributed by atoms with Crippen LogP contribution in [0.1, 0.15) is 33.8 Å². The quantitative estimate of drug-likeness (QED) is 0.592. The van der Waals surface area contributed by atoms with Crippen molar-refractivity contribution in [2.75, 3.05) is 22.5 Å². The summed E-state index contributed by atoms with van der Waals surface area (Å²) >= 11 is 4.29. The minimum absolute atomic E-state index is 0.0579. The fourth-order valence-corrected chi connectivity index (χ4v) is 3.36. The normalized spacial score (nSPS) is 16.0. The summed E-state index contributed by atoms with van der Waals surface area (Å²) in [6.45, 7) is 2.44. The van der Waals surface area contributed by atoms with Gasteiger partial charge in [-0.3, -0.25) is 14.3 Å². The van der Waals surface area contributed by atoms with Crippen molar-refractivity contribution in [3.05, 3.63) is 60.0 Å². The van der Waals surface area contributed by atoms with Crippen LogP contribution in [-0.4, -0.2) is 33.1 Å². The second-order valence-electron chi connectivity index (χ2n) is 6.52. The molecule has 3 N–H and O–H groups in total. The first-order chi connectivity index (χ1) is 13.5. The Morgan fingerprint density at radius 3 is 2.75 bits per heavy atom. The van der Waals surface area contributed by atoms with E-state index >= 15 is 0 Å². The highest BCUT2D eigenvalue weighted by molar-refractivity contribution is 7.80. The monoisotopic (exact) mass is 394 g/mol. The maximum Gasteiger partial charge on any atom is 0.278 e. The van der Waals surface area contributed by atoms with Crippen molar-refractivity contribution < 1.29 is 9.59 Å². The lowest BCUT2D eigenvalue weighted by Crippen LogP contribution is -2.43. The molecule has 4 rings (SSSR count). The van der Waals surface area contributed by atoms with Crippen LogP contribution in [0.5, 0.6) is 0 Å². The van der Waals surface area contributed by atoms with Crippen molar-refractivity contribution in [1.29, 1.82) is 0 Å². The van der Waals surface area contributed by atoms with E-state index in [0.29, 0.717) is 17.9 Å². The molecule has 0 saturated heterocycles. The number of nitrogens with zero attached hydrogens (tertiary/aromatic N) is 4. The van der Waals surface area contributed by atoms with Gasteiger partial charge in [0.25, 0.3) is 11.8 Å². The lowest BCUT2D eigenvalue weighted by atomic mass is 10.1. The molecule has 2 amide bonds. The summed E-state index contributed by atoms with van der Waals surface area (Å²) in [4.78, 5) is 32.2. The molecule has 3 heterocycles. The van der Waals surface area contributed by atoms with Gasteiger partial charge in [0, 0.05) is 23.3 Å². The molecule has 28 heavy (non-hydrogen) atoms. The van der Waals surface area contributed by atoms with Crippen molar-refractivity contribution in [3.8, 4) is 0 Å². The van der Waals surface area contributed by atoms with Crippen molar-refractivity contribution in [1.82, 2.24) is 14.8 Å². The average Bonchev–Trinajstić information content (AvgIpc) is 3.10. The summed E-state index contributed by atoms with van der Waals surface area (Å²) < 4.78 is 1.63. The summed E-state index contributed by atoms with van der Waals surface area (Å²) in [5.41, 5.74) is 7.43. The molecule has 0 saturated carbocycles. The first-order valence-electron chi connectivity index (χ1n) is 8.66. The number of hydrogen-bond donors (Lipinski definition) is 3. The Bertz CT molecular complexity index is 1060. The highest BCUT2D eigenvalue weighted by Crippen LogP contribution is 2.30. The molecule has 0 aliphatic carbocycles. The number of carbonyl (C=O) groups excluding carboxylic acids is 2. The second-order valence-corrected chi connectivity index (χ2v) is 7.04. The van der Waals surface area contributed by atoms with E-state index in [1.165, 1.54) is 12.4 Å². The Labute approximate surface area is 166 Å². The first-order valence-corrected chi connectivity index (χ1v) is 9.10. The molecule has 0 spiro atoms. The maximum atomic E-state index is 13.2. The zero-order valence-corrected chi connectivity index (χ0v) is 15.9. The number of nitrogens with two attached hydrogens (primary N) is 1. The third kappa shape index (κ3) is 3.09. The molecule has 3 aromatic rings. The van der Waals surface area contributed by atoms with E-state index in [-0.39, 0.29) is 23.3 Å². The standard InChI is InChI=1S/C19H18N6O2S/c1-11-10-24(12-4-6-13(28)7-5-12)19(27)16-15(9-22-25(11)16)23-18(26)14-3-2-8-21-17(14)20/h2-9,11,28H,10H2,1H3,(H2,20,21)(H,23,26)/t11-/m0/s1. The number of benzene rings is 1. The number of carbonyl (C=O) groups is 2. The summed E-state index contributed by atoms with van der Waals surface area (Å²) in [6.07, 6.45) is 2.99. The highest BCUT2D eigenvalue weighted by Gasteiger charge is 2.34. The first kappa shape index (κ1) is 18.1. The number of fused-ring (bicyclic) bond motifs is 1. The van der Waals surface area contributed by atoms with Crippen molar-refractivity contribution in [2.24, 2.45) is 0 Å². The van der Waals surface area contributed by atoms with Crippen molar-refractivity contribution in [3.63, 3.8) is 0 Å². The van der Waals surface area contributed by atoms with E-state index in [0.717, 1.165) is 10.6 Å². The number of pyridine rings is 1. The lowest BCUT2D eigenvalue weighted by molar-refractivity contribution is 0.0954. The molecule has 0 bridgehead atoms. The fourth-order valence-electron chi connectivity index (χ4n) is 3.21. The predicted molar refractivity (Wildman–Crippen MR) is 109 cm³/mol. The van der Waals surface area contributed by atoms with Gasteiger partial charge in [0.1, 0.15) is 5.82 Å². The third-order valence-electron chi connectivity index (χ3n) is 4.60. The minimum atomic E-state index is -0.446. The smallest absolute Gasteiger partial charge is 0.278 e. The van der Waals surface area contributed by atoms with E-state index < -0.39 is 5.91 Å². The highest BCUT2D eigenvalue weighted by atomic mass is 32.1. The Morgan fingerprint density at radius 2 is 2.04 bits per heavy atom. The van der Waals surface area contributed by atoms with Crippen LogP contribution in [-0.2, 0) is 0 Å². The molecule has 142 valence electrons. The van der Waals surface area contributed by atoms with Gasteiger partial charge >= 0.3 is 0 Å². The number of thiol groups is 1. The number of amides is 2. The van der Waals surface area contributed by atoms with Gasteiger partial charge in [-0.25, -0.2) is 4.98 Å². The van der Waals surface area contributed by atoms with Crippen LogP contribution in [0.15, 0.2) is 53.7 Å². The van der Waals surface area contributed by atoms with E-state index in [4.69, 9.17) is 5.73 Å². The summed E-state index contributed by atoms with van der Waals surface area (Å²) in [5, 5.41) is 7.03. The number of nitrogen functional groups attached to an aromatic ring is 1. The fraction of sp³-hybridized carbons (Fsp3) is 0.158. The summed E-state index contributed by atoms with van der Waals surface area (Å²) in [7, 11) is 0. The molecule has 0 fully saturated rings. The van der Waals surface area contributed by atoms with Crippen LogP contribution in [0.2, 0.25) is 0 Å². The Balaban J connectivity index is 1.67. The molecule has 9 heteroatoms. The number of hydrogen-bond acceptors (Lipinski definition) is 6. The average molecular weight is 394 g/mol. The van der Waals surface area contributed by atoms with Crippen molar-refractivity contribution >= 4 is 41.6 Å². The molecular weight excluding hydrogens is 376 g/mol. The molecule has 2 aromatic heterocycles. The SMILES string of the molecule is C[C@H]1CN(c2ccc(S)cc2)C(=O)c2c(NC(=O)c3cccnc3N)cnn21. The molecule has 1 aliphatic rings. The van der Waals surface area contributed by atoms with Crippen LogP contribution in [0, 0.1) is 0 Å². The molecule has 1 aromatic carbocycles. The molecule has 0 unspecified atom stereocenters. The van der Waals surface area contributed by atoms with E-state index in [9.17, 15) is 9.59 Å².